The zero-order chi connectivity index (χ0) is 14.5. The molecule has 0 saturated heterocycles. The second kappa shape index (κ2) is 6.63. The maximum atomic E-state index is 11.7. The van der Waals surface area contributed by atoms with Gasteiger partial charge < -0.3 is 15.2 Å². The van der Waals surface area contributed by atoms with Crippen molar-refractivity contribution < 1.29 is 17.9 Å². The lowest BCUT2D eigenvalue weighted by molar-refractivity contribution is 0.146. The summed E-state index contributed by atoms with van der Waals surface area (Å²) in [6.45, 7) is 2.91. The Balaban J connectivity index is 3.02. The topological polar surface area (TPSA) is 81.9 Å². The van der Waals surface area contributed by atoms with Crippen molar-refractivity contribution in [2.24, 2.45) is 0 Å². The highest BCUT2D eigenvalue weighted by Crippen LogP contribution is 2.29. The van der Waals surface area contributed by atoms with E-state index in [4.69, 9.17) is 15.2 Å². The summed E-state index contributed by atoms with van der Waals surface area (Å²) in [5, 5.41) is 0. The van der Waals surface area contributed by atoms with Crippen molar-refractivity contribution in [3.05, 3.63) is 18.2 Å². The third-order valence-corrected chi connectivity index (χ3v) is 3.77. The van der Waals surface area contributed by atoms with Crippen molar-refractivity contribution in [3.63, 3.8) is 0 Å². The van der Waals surface area contributed by atoms with E-state index in [0.29, 0.717) is 36.9 Å². The van der Waals surface area contributed by atoms with Gasteiger partial charge in [0.2, 0.25) is 10.0 Å². The van der Waals surface area contributed by atoms with Crippen LogP contribution in [0.1, 0.15) is 6.92 Å². The molecule has 0 heterocycles. The zero-order valence-corrected chi connectivity index (χ0v) is 12.2. The summed E-state index contributed by atoms with van der Waals surface area (Å²) in [5.74, 6) is 0.559. The van der Waals surface area contributed by atoms with Crippen LogP contribution in [0, 0.1) is 0 Å². The Bertz CT molecular complexity index is 516. The van der Waals surface area contributed by atoms with Gasteiger partial charge in [-0.05, 0) is 19.1 Å². The summed E-state index contributed by atoms with van der Waals surface area (Å²) in [7, 11) is -1.78. The Morgan fingerprint density at radius 2 is 2.00 bits per heavy atom. The number of ether oxygens (including phenoxy) is 2. The second-order valence-electron chi connectivity index (χ2n) is 3.99. The molecule has 0 spiro atoms. The first-order chi connectivity index (χ1) is 8.90. The van der Waals surface area contributed by atoms with Gasteiger partial charge >= 0.3 is 0 Å². The molecular weight excluding hydrogens is 268 g/mol. The number of rotatable bonds is 7. The van der Waals surface area contributed by atoms with Crippen molar-refractivity contribution in [2.75, 3.05) is 43.2 Å². The van der Waals surface area contributed by atoms with E-state index in [1.54, 1.807) is 32.2 Å². The van der Waals surface area contributed by atoms with Crippen LogP contribution in [-0.4, -0.2) is 41.5 Å². The van der Waals surface area contributed by atoms with E-state index in [1.807, 2.05) is 0 Å². The lowest BCUT2D eigenvalue weighted by atomic mass is 10.2. The Hall–Kier alpha value is -1.47. The smallest absolute Gasteiger partial charge is 0.232 e. The average Bonchev–Trinajstić information content (AvgIpc) is 2.32. The molecule has 0 amide bonds. The average molecular weight is 288 g/mol. The van der Waals surface area contributed by atoms with Gasteiger partial charge in [-0.3, -0.25) is 4.31 Å². The van der Waals surface area contributed by atoms with Crippen LogP contribution in [-0.2, 0) is 14.8 Å². The molecule has 1 aromatic rings. The Labute approximate surface area is 114 Å². The molecule has 0 aliphatic carbocycles. The number of nitrogens with two attached hydrogens (primary N) is 1. The van der Waals surface area contributed by atoms with Crippen molar-refractivity contribution in [1.82, 2.24) is 0 Å². The number of nitrogens with zero attached hydrogens (tertiary/aromatic N) is 1. The molecule has 0 aliphatic heterocycles. The molecule has 108 valence electrons. The highest BCUT2D eigenvalue weighted by molar-refractivity contribution is 7.92. The van der Waals surface area contributed by atoms with Crippen molar-refractivity contribution in [1.29, 1.82) is 0 Å². The highest BCUT2D eigenvalue weighted by Gasteiger charge is 2.18. The standard InChI is InChI=1S/C12H20N2O4S/c1-4-14(19(3,15)16)12-9-10(5-6-11(12)13)18-8-7-17-2/h5-6,9H,4,7-8,13H2,1-3H3. The van der Waals surface area contributed by atoms with E-state index in [-0.39, 0.29) is 0 Å². The monoisotopic (exact) mass is 288 g/mol. The molecule has 0 fully saturated rings. The maximum Gasteiger partial charge on any atom is 0.232 e. The van der Waals surface area contributed by atoms with Gasteiger partial charge in [-0.15, -0.1) is 0 Å². The molecule has 0 aromatic heterocycles. The van der Waals surface area contributed by atoms with E-state index in [9.17, 15) is 8.42 Å². The fraction of sp³-hybridized carbons (Fsp3) is 0.500. The maximum absolute atomic E-state index is 11.7. The number of benzene rings is 1. The van der Waals surface area contributed by atoms with Crippen LogP contribution in [0.2, 0.25) is 0 Å². The zero-order valence-electron chi connectivity index (χ0n) is 11.4. The number of sulfonamides is 1. The lowest BCUT2D eigenvalue weighted by Crippen LogP contribution is -2.30. The summed E-state index contributed by atoms with van der Waals surface area (Å²) >= 11 is 0. The molecule has 2 N–H and O–H groups in total. The third-order valence-electron chi connectivity index (χ3n) is 2.51. The van der Waals surface area contributed by atoms with E-state index in [2.05, 4.69) is 0 Å². The van der Waals surface area contributed by atoms with Crippen LogP contribution in [0.5, 0.6) is 5.75 Å². The summed E-state index contributed by atoms with van der Waals surface area (Å²) in [6, 6.07) is 4.95. The van der Waals surface area contributed by atoms with E-state index >= 15 is 0 Å². The molecule has 1 rings (SSSR count). The molecule has 0 unspecified atom stereocenters. The number of hydrogen-bond acceptors (Lipinski definition) is 5. The van der Waals surface area contributed by atoms with Crippen LogP contribution < -0.4 is 14.8 Å². The molecule has 19 heavy (non-hydrogen) atoms. The fourth-order valence-corrected chi connectivity index (χ4v) is 2.64. The van der Waals surface area contributed by atoms with E-state index in [0.717, 1.165) is 6.26 Å². The number of nitrogen functional groups attached to an aromatic ring is 1. The van der Waals surface area contributed by atoms with Gasteiger partial charge in [0.05, 0.1) is 24.2 Å². The Morgan fingerprint density at radius 3 is 2.53 bits per heavy atom. The highest BCUT2D eigenvalue weighted by atomic mass is 32.2. The van der Waals surface area contributed by atoms with Crippen LogP contribution >= 0.6 is 0 Å². The molecule has 0 saturated carbocycles. The third kappa shape index (κ3) is 4.29. The minimum absolute atomic E-state index is 0.310. The van der Waals surface area contributed by atoms with E-state index < -0.39 is 10.0 Å². The largest absolute Gasteiger partial charge is 0.491 e. The lowest BCUT2D eigenvalue weighted by Gasteiger charge is -2.22. The molecular formula is C12H20N2O4S. The predicted octanol–water partition coefficient (Wildman–Crippen LogP) is 1.08. The molecule has 1 aromatic carbocycles. The van der Waals surface area contributed by atoms with Gasteiger partial charge in [-0.25, -0.2) is 8.42 Å². The molecule has 7 heteroatoms. The number of hydrogen-bond donors (Lipinski definition) is 1. The normalized spacial score (nSPS) is 11.3. The quantitative estimate of drug-likeness (QED) is 0.599. The first kappa shape index (κ1) is 15.6. The Kier molecular flexibility index (Phi) is 5.44. The van der Waals surface area contributed by atoms with Gasteiger partial charge in [-0.1, -0.05) is 0 Å². The van der Waals surface area contributed by atoms with Crippen LogP contribution in [0.15, 0.2) is 18.2 Å². The van der Waals surface area contributed by atoms with Gasteiger partial charge in [0.1, 0.15) is 12.4 Å². The number of methoxy groups -OCH3 is 1. The second-order valence-corrected chi connectivity index (χ2v) is 5.90. The van der Waals surface area contributed by atoms with Crippen molar-refractivity contribution >= 4 is 21.4 Å². The minimum Gasteiger partial charge on any atom is -0.491 e. The summed E-state index contributed by atoms with van der Waals surface area (Å²) in [6.07, 6.45) is 1.15. The van der Waals surface area contributed by atoms with Crippen LogP contribution in [0.25, 0.3) is 0 Å². The van der Waals surface area contributed by atoms with Gasteiger partial charge in [0.15, 0.2) is 0 Å². The van der Waals surface area contributed by atoms with Gasteiger partial charge in [-0.2, -0.15) is 0 Å². The van der Waals surface area contributed by atoms with Crippen LogP contribution in [0.4, 0.5) is 11.4 Å². The molecule has 0 radical (unpaired) electrons. The molecule has 0 bridgehead atoms. The first-order valence-corrected chi connectivity index (χ1v) is 7.74. The molecule has 0 aliphatic rings. The summed E-state index contributed by atoms with van der Waals surface area (Å²) < 4.78 is 35.0. The van der Waals surface area contributed by atoms with Crippen molar-refractivity contribution in [3.8, 4) is 5.75 Å². The van der Waals surface area contributed by atoms with E-state index in [1.165, 1.54) is 4.31 Å². The van der Waals surface area contributed by atoms with Gasteiger partial charge in [0.25, 0.3) is 0 Å². The van der Waals surface area contributed by atoms with Crippen LogP contribution in [0.3, 0.4) is 0 Å². The fourth-order valence-electron chi connectivity index (χ4n) is 1.66. The first-order valence-electron chi connectivity index (χ1n) is 5.89. The summed E-state index contributed by atoms with van der Waals surface area (Å²) in [4.78, 5) is 0. The predicted molar refractivity (Wildman–Crippen MR) is 76.1 cm³/mol. The van der Waals surface area contributed by atoms with Gasteiger partial charge in [0, 0.05) is 19.7 Å². The molecule has 0 atom stereocenters. The number of anilines is 2. The SMILES string of the molecule is CCN(c1cc(OCCOC)ccc1N)S(C)(=O)=O. The van der Waals surface area contributed by atoms with Crippen molar-refractivity contribution in [2.45, 2.75) is 6.92 Å². The Morgan fingerprint density at radius 1 is 1.32 bits per heavy atom. The summed E-state index contributed by atoms with van der Waals surface area (Å²) in [5.41, 5.74) is 6.66. The minimum atomic E-state index is -3.36. The molecule has 6 nitrogen and oxygen atoms in total.